The highest BCUT2D eigenvalue weighted by Crippen LogP contribution is 2.13. The highest BCUT2D eigenvalue weighted by molar-refractivity contribution is 5.79. The second-order valence-corrected chi connectivity index (χ2v) is 6.27. The Hall–Kier alpha value is -2.49. The van der Waals surface area contributed by atoms with E-state index in [0.717, 1.165) is 19.0 Å². The zero-order valence-electron chi connectivity index (χ0n) is 15.4. The van der Waals surface area contributed by atoms with E-state index < -0.39 is 0 Å². The predicted octanol–water partition coefficient (Wildman–Crippen LogP) is 3.23. The number of rotatable bonds is 5. The number of nitrogens with zero attached hydrogens (tertiary/aromatic N) is 2. The SMILES string of the molecule is CN=C(NCc1cccc(N(C)C)c1)NCc1ccc(C)cc1C. The topological polar surface area (TPSA) is 39.7 Å². The molecule has 128 valence electrons. The van der Waals surface area contributed by atoms with Crippen molar-refractivity contribution in [1.82, 2.24) is 10.6 Å². The molecule has 0 aromatic heterocycles. The van der Waals surface area contributed by atoms with Gasteiger partial charge < -0.3 is 15.5 Å². The molecule has 4 heteroatoms. The van der Waals surface area contributed by atoms with Crippen molar-refractivity contribution in [1.29, 1.82) is 0 Å². The van der Waals surface area contributed by atoms with Crippen molar-refractivity contribution in [2.75, 3.05) is 26.0 Å². The third-order valence-corrected chi connectivity index (χ3v) is 4.05. The summed E-state index contributed by atoms with van der Waals surface area (Å²) < 4.78 is 0. The van der Waals surface area contributed by atoms with Gasteiger partial charge in [-0.25, -0.2) is 0 Å². The van der Waals surface area contributed by atoms with Crippen LogP contribution in [0.25, 0.3) is 0 Å². The second kappa shape index (κ2) is 8.39. The van der Waals surface area contributed by atoms with Crippen LogP contribution in [0.15, 0.2) is 47.5 Å². The third kappa shape index (κ3) is 5.01. The van der Waals surface area contributed by atoms with Crippen LogP contribution >= 0.6 is 0 Å². The van der Waals surface area contributed by atoms with Crippen LogP contribution in [0.4, 0.5) is 5.69 Å². The van der Waals surface area contributed by atoms with Crippen molar-refractivity contribution >= 4 is 11.6 Å². The minimum Gasteiger partial charge on any atom is -0.378 e. The Morgan fingerprint density at radius 2 is 1.75 bits per heavy atom. The lowest BCUT2D eigenvalue weighted by Gasteiger charge is -2.16. The molecule has 0 radical (unpaired) electrons. The molecule has 2 aromatic rings. The molecule has 0 saturated carbocycles. The molecular weight excluding hydrogens is 296 g/mol. The summed E-state index contributed by atoms with van der Waals surface area (Å²) in [6, 6.07) is 15.0. The molecule has 2 rings (SSSR count). The van der Waals surface area contributed by atoms with Gasteiger partial charge in [0.15, 0.2) is 5.96 Å². The first-order valence-corrected chi connectivity index (χ1v) is 8.26. The lowest BCUT2D eigenvalue weighted by Crippen LogP contribution is -2.36. The Kier molecular flexibility index (Phi) is 6.24. The smallest absolute Gasteiger partial charge is 0.191 e. The molecule has 0 heterocycles. The predicted molar refractivity (Wildman–Crippen MR) is 104 cm³/mol. The summed E-state index contributed by atoms with van der Waals surface area (Å²) >= 11 is 0. The van der Waals surface area contributed by atoms with Gasteiger partial charge in [0.2, 0.25) is 0 Å². The molecule has 0 aliphatic heterocycles. The molecule has 2 aromatic carbocycles. The number of anilines is 1. The molecule has 0 atom stereocenters. The lowest BCUT2D eigenvalue weighted by molar-refractivity contribution is 0.806. The third-order valence-electron chi connectivity index (χ3n) is 4.05. The Morgan fingerprint density at radius 3 is 2.42 bits per heavy atom. The molecule has 0 aliphatic rings. The van der Waals surface area contributed by atoms with E-state index >= 15 is 0 Å². The maximum atomic E-state index is 4.31. The highest BCUT2D eigenvalue weighted by Gasteiger charge is 2.03. The molecule has 0 unspecified atom stereocenters. The number of hydrogen-bond acceptors (Lipinski definition) is 2. The van der Waals surface area contributed by atoms with Crippen molar-refractivity contribution in [2.45, 2.75) is 26.9 Å². The van der Waals surface area contributed by atoms with Gasteiger partial charge in [0.1, 0.15) is 0 Å². The van der Waals surface area contributed by atoms with E-state index in [1.165, 1.54) is 27.9 Å². The van der Waals surface area contributed by atoms with Crippen LogP contribution in [0, 0.1) is 13.8 Å². The van der Waals surface area contributed by atoms with Crippen LogP contribution in [0.1, 0.15) is 22.3 Å². The van der Waals surface area contributed by atoms with Gasteiger partial charge in [-0.3, -0.25) is 4.99 Å². The van der Waals surface area contributed by atoms with E-state index in [4.69, 9.17) is 0 Å². The average Bonchev–Trinajstić information content (AvgIpc) is 2.56. The van der Waals surface area contributed by atoms with Gasteiger partial charge in [-0.15, -0.1) is 0 Å². The van der Waals surface area contributed by atoms with Crippen molar-refractivity contribution in [2.24, 2.45) is 4.99 Å². The van der Waals surface area contributed by atoms with Crippen LogP contribution in [0.5, 0.6) is 0 Å². The highest BCUT2D eigenvalue weighted by atomic mass is 15.2. The van der Waals surface area contributed by atoms with E-state index in [9.17, 15) is 0 Å². The molecule has 24 heavy (non-hydrogen) atoms. The van der Waals surface area contributed by atoms with Gasteiger partial charge in [0, 0.05) is 39.9 Å². The number of aryl methyl sites for hydroxylation is 2. The molecule has 0 spiro atoms. The summed E-state index contributed by atoms with van der Waals surface area (Å²) in [7, 11) is 5.90. The Labute approximate surface area is 145 Å². The van der Waals surface area contributed by atoms with E-state index in [1.54, 1.807) is 7.05 Å². The van der Waals surface area contributed by atoms with E-state index in [1.807, 2.05) is 0 Å². The number of aliphatic imine (C=N–C) groups is 1. The van der Waals surface area contributed by atoms with Crippen LogP contribution in [0.2, 0.25) is 0 Å². The number of hydrogen-bond donors (Lipinski definition) is 2. The van der Waals surface area contributed by atoms with Crippen molar-refractivity contribution in [3.8, 4) is 0 Å². The second-order valence-electron chi connectivity index (χ2n) is 6.27. The summed E-state index contributed by atoms with van der Waals surface area (Å²) in [6.45, 7) is 5.78. The van der Waals surface area contributed by atoms with Gasteiger partial charge in [-0.05, 0) is 42.7 Å². The van der Waals surface area contributed by atoms with Crippen molar-refractivity contribution in [3.63, 3.8) is 0 Å². The number of nitrogens with one attached hydrogen (secondary N) is 2. The molecule has 0 amide bonds. The lowest BCUT2D eigenvalue weighted by atomic mass is 10.1. The van der Waals surface area contributed by atoms with Gasteiger partial charge in [-0.1, -0.05) is 35.9 Å². The standard InChI is InChI=1S/C20H28N4/c1-15-9-10-18(16(2)11-15)14-23-20(21-3)22-13-17-7-6-8-19(12-17)24(4)5/h6-12H,13-14H2,1-5H3,(H2,21,22,23). The first-order valence-electron chi connectivity index (χ1n) is 8.26. The minimum absolute atomic E-state index is 0.744. The fourth-order valence-corrected chi connectivity index (χ4v) is 2.57. The normalized spacial score (nSPS) is 11.3. The molecule has 0 aliphatic carbocycles. The largest absolute Gasteiger partial charge is 0.378 e. The summed E-state index contributed by atoms with van der Waals surface area (Å²) in [6.07, 6.45) is 0. The van der Waals surface area contributed by atoms with Crippen LogP contribution < -0.4 is 15.5 Å². The van der Waals surface area contributed by atoms with Crippen LogP contribution in [-0.4, -0.2) is 27.1 Å². The Morgan fingerprint density at radius 1 is 1.00 bits per heavy atom. The van der Waals surface area contributed by atoms with E-state index in [0.29, 0.717) is 0 Å². The molecule has 0 bridgehead atoms. The zero-order valence-corrected chi connectivity index (χ0v) is 15.4. The fourth-order valence-electron chi connectivity index (χ4n) is 2.57. The van der Waals surface area contributed by atoms with Crippen molar-refractivity contribution in [3.05, 3.63) is 64.7 Å². The minimum atomic E-state index is 0.744. The average molecular weight is 324 g/mol. The fraction of sp³-hybridized carbons (Fsp3) is 0.350. The molecule has 2 N–H and O–H groups in total. The molecule has 4 nitrogen and oxygen atoms in total. The Balaban J connectivity index is 1.92. The first-order chi connectivity index (χ1) is 11.5. The summed E-state index contributed by atoms with van der Waals surface area (Å²) in [5, 5.41) is 6.76. The first kappa shape index (κ1) is 17.9. The van der Waals surface area contributed by atoms with Crippen molar-refractivity contribution < 1.29 is 0 Å². The molecule has 0 saturated heterocycles. The summed E-state index contributed by atoms with van der Waals surface area (Å²) in [4.78, 5) is 6.41. The van der Waals surface area contributed by atoms with Gasteiger partial charge >= 0.3 is 0 Å². The van der Waals surface area contributed by atoms with Gasteiger partial charge in [0.25, 0.3) is 0 Å². The monoisotopic (exact) mass is 324 g/mol. The zero-order chi connectivity index (χ0) is 17.5. The summed E-state index contributed by atoms with van der Waals surface area (Å²) in [5.74, 6) is 0.810. The number of guanidine groups is 1. The summed E-state index contributed by atoms with van der Waals surface area (Å²) in [5.41, 5.74) is 6.32. The van der Waals surface area contributed by atoms with E-state index in [2.05, 4.69) is 90.9 Å². The Bertz CT molecular complexity index is 705. The van der Waals surface area contributed by atoms with Gasteiger partial charge in [0.05, 0.1) is 0 Å². The maximum Gasteiger partial charge on any atom is 0.191 e. The molecular formula is C20H28N4. The van der Waals surface area contributed by atoms with Crippen LogP contribution in [0.3, 0.4) is 0 Å². The van der Waals surface area contributed by atoms with Gasteiger partial charge in [-0.2, -0.15) is 0 Å². The quantitative estimate of drug-likeness (QED) is 0.655. The maximum absolute atomic E-state index is 4.31. The van der Waals surface area contributed by atoms with Crippen LogP contribution in [-0.2, 0) is 13.1 Å². The number of benzene rings is 2. The van der Waals surface area contributed by atoms with E-state index in [-0.39, 0.29) is 0 Å². The molecule has 0 fully saturated rings.